The van der Waals surface area contributed by atoms with Crippen molar-refractivity contribution in [2.24, 2.45) is 29.6 Å². The van der Waals surface area contributed by atoms with Gasteiger partial charge in [-0.2, -0.15) is 0 Å². The van der Waals surface area contributed by atoms with E-state index in [-0.39, 0.29) is 37.0 Å². The topological polar surface area (TPSA) is 180 Å². The van der Waals surface area contributed by atoms with Crippen LogP contribution < -0.4 is 21.3 Å². The fourth-order valence-corrected chi connectivity index (χ4v) is 6.36. The first-order valence-corrected chi connectivity index (χ1v) is 19.0. The lowest BCUT2D eigenvalue weighted by Gasteiger charge is -2.29. The standard InChI is InChI=1S/C38H68N4O8/c1-10-26(8)21-27(9)14-12-11-13-15-28-22-33(43)39-30(18-23(2)3)35(46)41-32(20-25(6)7)37(48)42-31(19-24(4)5)36(47)40-29(38(49)50-28)16-17-34(44)45/h23-32H,10-22H2,1-9H3,(H,39,43)(H,40,47)(H,41,46)(H,42,48)(H,44,45)/t26?,27?,28-,29+,30+,31+,32+/m1/s1. The summed E-state index contributed by atoms with van der Waals surface area (Å²) in [6, 6.07) is -4.26. The number of esters is 1. The van der Waals surface area contributed by atoms with Gasteiger partial charge in [0.25, 0.3) is 0 Å². The number of carboxylic acid groups (broad SMARTS) is 1. The van der Waals surface area contributed by atoms with E-state index in [0.29, 0.717) is 37.5 Å². The second kappa shape index (κ2) is 23.3. The highest BCUT2D eigenvalue weighted by molar-refractivity contribution is 5.95. The van der Waals surface area contributed by atoms with E-state index in [1.54, 1.807) is 0 Å². The van der Waals surface area contributed by atoms with Crippen LogP contribution in [0.4, 0.5) is 0 Å². The molecule has 1 heterocycles. The molecule has 1 fully saturated rings. The maximum absolute atomic E-state index is 13.6. The zero-order valence-corrected chi connectivity index (χ0v) is 32.3. The molecule has 0 spiro atoms. The maximum atomic E-state index is 13.6. The summed E-state index contributed by atoms with van der Waals surface area (Å²) in [5.74, 6) is -2.86. The maximum Gasteiger partial charge on any atom is 0.328 e. The lowest BCUT2D eigenvalue weighted by molar-refractivity contribution is -0.155. The molecule has 1 aliphatic rings. The van der Waals surface area contributed by atoms with Crippen molar-refractivity contribution in [1.29, 1.82) is 0 Å². The fraction of sp³-hybridized carbons (Fsp3) is 0.842. The van der Waals surface area contributed by atoms with Crippen molar-refractivity contribution in [3.8, 4) is 0 Å². The van der Waals surface area contributed by atoms with Gasteiger partial charge in [-0.3, -0.25) is 24.0 Å². The summed E-state index contributed by atoms with van der Waals surface area (Å²) in [6.45, 7) is 18.2. The zero-order valence-electron chi connectivity index (χ0n) is 32.3. The normalized spacial score (nSPS) is 24.3. The number of unbranched alkanes of at least 4 members (excludes halogenated alkanes) is 2. The van der Waals surface area contributed by atoms with Crippen LogP contribution in [-0.4, -0.2) is 70.9 Å². The largest absolute Gasteiger partial charge is 0.481 e. The van der Waals surface area contributed by atoms with Crippen molar-refractivity contribution >= 4 is 35.6 Å². The van der Waals surface area contributed by atoms with Gasteiger partial charge in [-0.25, -0.2) is 4.79 Å². The average molecular weight is 709 g/mol. The molecule has 5 N–H and O–H groups in total. The van der Waals surface area contributed by atoms with Gasteiger partial charge < -0.3 is 31.1 Å². The molecule has 0 aromatic heterocycles. The Hall–Kier alpha value is -3.18. The SMILES string of the molecule is CCC(C)CC(C)CCCCC[C@@H]1CC(=O)N[C@@H](CC(C)C)C(=O)N[C@@H](CC(C)C)C(=O)N[C@@H](CC(C)C)C(=O)N[C@@H](CCC(=O)O)C(=O)O1. The Labute approximate surface area is 300 Å². The number of rotatable bonds is 18. The van der Waals surface area contributed by atoms with Gasteiger partial charge in [0.15, 0.2) is 0 Å². The van der Waals surface area contributed by atoms with Gasteiger partial charge in [-0.15, -0.1) is 0 Å². The Morgan fingerprint density at radius 2 is 1.16 bits per heavy atom. The number of cyclic esters (lactones) is 1. The molecule has 1 aliphatic heterocycles. The molecule has 0 saturated carbocycles. The Kier molecular flexibility index (Phi) is 20.9. The number of hydrogen-bond donors (Lipinski definition) is 5. The predicted octanol–water partition coefficient (Wildman–Crippen LogP) is 5.27. The molecule has 0 aromatic carbocycles. The van der Waals surface area contributed by atoms with Crippen LogP contribution in [0.1, 0.15) is 146 Å². The number of carbonyl (C=O) groups excluding carboxylic acids is 5. The van der Waals surface area contributed by atoms with Crippen molar-refractivity contribution < 1.29 is 38.6 Å². The van der Waals surface area contributed by atoms with E-state index in [2.05, 4.69) is 42.0 Å². The summed E-state index contributed by atoms with van der Waals surface area (Å²) in [4.78, 5) is 79.4. The van der Waals surface area contributed by atoms with Crippen molar-refractivity contribution in [3.63, 3.8) is 0 Å². The molecule has 288 valence electrons. The van der Waals surface area contributed by atoms with E-state index in [0.717, 1.165) is 25.7 Å². The summed E-state index contributed by atoms with van der Waals surface area (Å²) in [5.41, 5.74) is 0. The first-order valence-electron chi connectivity index (χ1n) is 19.0. The van der Waals surface area contributed by atoms with Crippen molar-refractivity contribution in [1.82, 2.24) is 21.3 Å². The minimum Gasteiger partial charge on any atom is -0.481 e. The van der Waals surface area contributed by atoms with Gasteiger partial charge >= 0.3 is 11.9 Å². The lowest BCUT2D eigenvalue weighted by Crippen LogP contribution is -2.58. The van der Waals surface area contributed by atoms with Crippen LogP contribution in [0.5, 0.6) is 0 Å². The third kappa shape index (κ3) is 18.7. The van der Waals surface area contributed by atoms with Crippen LogP contribution in [0.2, 0.25) is 0 Å². The highest BCUT2D eigenvalue weighted by Gasteiger charge is 2.34. The summed E-state index contributed by atoms with van der Waals surface area (Å²) >= 11 is 0. The van der Waals surface area contributed by atoms with Gasteiger partial charge in [0.05, 0.1) is 6.42 Å². The first kappa shape index (κ1) is 44.8. The zero-order chi connectivity index (χ0) is 38.0. The number of ether oxygens (including phenoxy) is 1. The molecule has 12 nitrogen and oxygen atoms in total. The number of carbonyl (C=O) groups is 6. The molecule has 0 aromatic rings. The fourth-order valence-electron chi connectivity index (χ4n) is 6.36. The van der Waals surface area contributed by atoms with Crippen LogP contribution >= 0.6 is 0 Å². The van der Waals surface area contributed by atoms with Crippen molar-refractivity contribution in [2.75, 3.05) is 0 Å². The summed E-state index contributed by atoms with van der Waals surface area (Å²) in [5, 5.41) is 20.4. The van der Waals surface area contributed by atoms with Gasteiger partial charge in [-0.05, 0) is 74.5 Å². The Bertz CT molecular complexity index is 1090. The summed E-state index contributed by atoms with van der Waals surface area (Å²) in [7, 11) is 0. The molecular weight excluding hydrogens is 640 g/mol. The number of aliphatic carboxylic acids is 1. The van der Waals surface area contributed by atoms with Crippen LogP contribution in [0.3, 0.4) is 0 Å². The van der Waals surface area contributed by atoms with E-state index < -0.39 is 72.3 Å². The number of hydrogen-bond acceptors (Lipinski definition) is 7. The molecule has 4 amide bonds. The van der Waals surface area contributed by atoms with Crippen LogP contribution in [-0.2, 0) is 33.5 Å². The Morgan fingerprint density at radius 3 is 1.62 bits per heavy atom. The average Bonchev–Trinajstić information content (AvgIpc) is 3.00. The molecule has 1 saturated heterocycles. The second-order valence-corrected chi connectivity index (χ2v) is 15.9. The molecule has 7 atom stereocenters. The van der Waals surface area contributed by atoms with Gasteiger partial charge in [-0.1, -0.05) is 88.0 Å². The number of nitrogens with one attached hydrogen (secondary N) is 4. The molecule has 2 unspecified atom stereocenters. The van der Waals surface area contributed by atoms with Crippen LogP contribution in [0, 0.1) is 29.6 Å². The highest BCUT2D eigenvalue weighted by atomic mass is 16.5. The van der Waals surface area contributed by atoms with Gasteiger partial charge in [0.2, 0.25) is 23.6 Å². The van der Waals surface area contributed by atoms with E-state index in [1.165, 1.54) is 6.42 Å². The molecule has 0 radical (unpaired) electrons. The molecular formula is C38H68N4O8. The van der Waals surface area contributed by atoms with Gasteiger partial charge in [0.1, 0.15) is 30.3 Å². The van der Waals surface area contributed by atoms with E-state index in [9.17, 15) is 33.9 Å². The monoisotopic (exact) mass is 709 g/mol. The first-order chi connectivity index (χ1) is 23.4. The molecule has 1 rings (SSSR count). The van der Waals surface area contributed by atoms with E-state index in [1.807, 2.05) is 41.5 Å². The molecule has 50 heavy (non-hydrogen) atoms. The smallest absolute Gasteiger partial charge is 0.328 e. The molecule has 0 bridgehead atoms. The number of amides is 4. The summed E-state index contributed by atoms with van der Waals surface area (Å²) in [6.07, 6.45) is 5.55. The third-order valence-corrected chi connectivity index (χ3v) is 9.21. The van der Waals surface area contributed by atoms with Crippen molar-refractivity contribution in [2.45, 2.75) is 176 Å². The highest BCUT2D eigenvalue weighted by Crippen LogP contribution is 2.22. The van der Waals surface area contributed by atoms with Gasteiger partial charge in [0, 0.05) is 6.42 Å². The Morgan fingerprint density at radius 1 is 0.680 bits per heavy atom. The third-order valence-electron chi connectivity index (χ3n) is 9.21. The minimum absolute atomic E-state index is 0.0196. The molecule has 0 aliphatic carbocycles. The molecule has 12 heteroatoms. The van der Waals surface area contributed by atoms with E-state index >= 15 is 0 Å². The predicted molar refractivity (Wildman–Crippen MR) is 194 cm³/mol. The summed E-state index contributed by atoms with van der Waals surface area (Å²) < 4.78 is 5.86. The van der Waals surface area contributed by atoms with E-state index in [4.69, 9.17) is 4.74 Å². The van der Waals surface area contributed by atoms with Crippen LogP contribution in [0.15, 0.2) is 0 Å². The Balaban J connectivity index is 3.43. The second-order valence-electron chi connectivity index (χ2n) is 15.9. The lowest BCUT2D eigenvalue weighted by atomic mass is 9.91. The minimum atomic E-state index is -1.30. The van der Waals surface area contributed by atoms with Crippen molar-refractivity contribution in [3.05, 3.63) is 0 Å². The number of carboxylic acids is 1. The van der Waals surface area contributed by atoms with Crippen LogP contribution in [0.25, 0.3) is 0 Å². The quantitative estimate of drug-likeness (QED) is 0.0944.